The highest BCUT2D eigenvalue weighted by Gasteiger charge is 2.18. The van der Waals surface area contributed by atoms with Gasteiger partial charge >= 0.3 is 11.7 Å². The molecule has 2 aromatic heterocycles. The van der Waals surface area contributed by atoms with Gasteiger partial charge in [-0.2, -0.15) is 0 Å². The molecule has 2 N–H and O–H groups in total. The van der Waals surface area contributed by atoms with E-state index in [1.165, 1.54) is 10.9 Å². The van der Waals surface area contributed by atoms with Gasteiger partial charge in [0.05, 0.1) is 16.6 Å². The zero-order valence-electron chi connectivity index (χ0n) is 11.4. The van der Waals surface area contributed by atoms with Crippen molar-refractivity contribution in [3.63, 3.8) is 0 Å². The number of rotatable bonds is 4. The summed E-state index contributed by atoms with van der Waals surface area (Å²) >= 11 is 1.65. The monoisotopic (exact) mass is 302 g/mol. The first-order chi connectivity index (χ1) is 10.1. The molecule has 0 saturated heterocycles. The number of carbonyl (C=O) groups is 1. The highest BCUT2D eigenvalue weighted by molar-refractivity contribution is 7.09. The van der Waals surface area contributed by atoms with Crippen molar-refractivity contribution in [2.75, 3.05) is 0 Å². The third-order valence-corrected chi connectivity index (χ3v) is 4.40. The molecule has 108 valence electrons. The van der Waals surface area contributed by atoms with Crippen LogP contribution in [-0.2, 0) is 6.42 Å². The Kier molecular flexibility index (Phi) is 3.39. The maximum absolute atomic E-state index is 12.2. The highest BCUT2D eigenvalue weighted by Crippen LogP contribution is 2.22. The summed E-state index contributed by atoms with van der Waals surface area (Å²) in [7, 11) is 0. The van der Waals surface area contributed by atoms with Crippen LogP contribution >= 0.6 is 11.3 Å². The zero-order valence-corrected chi connectivity index (χ0v) is 12.2. The standard InChI is InChI=1S/C15H14N2O3S/c1-9(8-10-4-3-7-21-10)17-12-6-2-5-11(14(18)19)13(12)16-15(17)20/h2-7,9H,8H2,1H3,(H,16,20)(H,18,19). The molecule has 0 aliphatic carbocycles. The normalized spacial score (nSPS) is 12.6. The number of nitrogens with one attached hydrogen (secondary N) is 1. The molecular weight excluding hydrogens is 288 g/mol. The summed E-state index contributed by atoms with van der Waals surface area (Å²) in [6, 6.07) is 8.89. The number of imidazole rings is 1. The second kappa shape index (κ2) is 5.21. The Balaban J connectivity index is 2.10. The van der Waals surface area contributed by atoms with E-state index in [0.717, 1.165) is 6.42 Å². The number of thiophene rings is 1. The Hall–Kier alpha value is -2.34. The maximum Gasteiger partial charge on any atom is 0.337 e. The number of nitrogens with zero attached hydrogens (tertiary/aromatic N) is 1. The molecule has 6 heteroatoms. The van der Waals surface area contributed by atoms with Gasteiger partial charge in [0, 0.05) is 17.3 Å². The number of H-pyrrole nitrogens is 1. The molecule has 3 aromatic rings. The van der Waals surface area contributed by atoms with E-state index in [1.807, 2.05) is 24.4 Å². The van der Waals surface area contributed by atoms with Gasteiger partial charge in [0.15, 0.2) is 0 Å². The molecule has 1 aromatic carbocycles. The van der Waals surface area contributed by atoms with Gasteiger partial charge in [0.1, 0.15) is 0 Å². The number of aromatic carboxylic acids is 1. The minimum Gasteiger partial charge on any atom is -0.478 e. The van der Waals surface area contributed by atoms with Crippen LogP contribution in [0.25, 0.3) is 11.0 Å². The molecule has 3 rings (SSSR count). The average Bonchev–Trinajstić information content (AvgIpc) is 3.03. The van der Waals surface area contributed by atoms with Crippen LogP contribution in [0.15, 0.2) is 40.5 Å². The Labute approximate surface area is 124 Å². The molecular formula is C15H14N2O3S. The summed E-state index contributed by atoms with van der Waals surface area (Å²) in [4.78, 5) is 27.3. The van der Waals surface area contributed by atoms with Crippen molar-refractivity contribution in [1.29, 1.82) is 0 Å². The fourth-order valence-corrected chi connectivity index (χ4v) is 3.40. The van der Waals surface area contributed by atoms with E-state index in [1.54, 1.807) is 28.0 Å². The number of fused-ring (bicyclic) bond motifs is 1. The van der Waals surface area contributed by atoms with Crippen molar-refractivity contribution in [1.82, 2.24) is 9.55 Å². The van der Waals surface area contributed by atoms with Crippen LogP contribution in [0.1, 0.15) is 28.2 Å². The minimum absolute atomic E-state index is 0.0473. The van der Waals surface area contributed by atoms with Crippen LogP contribution in [0.5, 0.6) is 0 Å². The molecule has 0 spiro atoms. The van der Waals surface area contributed by atoms with Crippen molar-refractivity contribution >= 4 is 28.3 Å². The van der Waals surface area contributed by atoms with Crippen LogP contribution in [0.3, 0.4) is 0 Å². The predicted molar refractivity (Wildman–Crippen MR) is 82.3 cm³/mol. The van der Waals surface area contributed by atoms with E-state index in [9.17, 15) is 14.7 Å². The van der Waals surface area contributed by atoms with Crippen LogP contribution in [0, 0.1) is 0 Å². The van der Waals surface area contributed by atoms with Gasteiger partial charge in [0.2, 0.25) is 0 Å². The first kappa shape index (κ1) is 13.6. The van der Waals surface area contributed by atoms with E-state index in [4.69, 9.17) is 0 Å². The largest absolute Gasteiger partial charge is 0.478 e. The topological polar surface area (TPSA) is 75.1 Å². The van der Waals surface area contributed by atoms with E-state index < -0.39 is 5.97 Å². The van der Waals surface area contributed by atoms with Crippen molar-refractivity contribution in [2.45, 2.75) is 19.4 Å². The first-order valence-corrected chi connectivity index (χ1v) is 7.45. The molecule has 0 aliphatic heterocycles. The lowest BCUT2D eigenvalue weighted by Crippen LogP contribution is -2.21. The number of hydrogen-bond donors (Lipinski definition) is 2. The minimum atomic E-state index is -1.04. The van der Waals surface area contributed by atoms with Crippen molar-refractivity contribution in [3.05, 3.63) is 56.6 Å². The van der Waals surface area contributed by atoms with Crippen LogP contribution in [-0.4, -0.2) is 20.6 Å². The lowest BCUT2D eigenvalue weighted by atomic mass is 10.1. The predicted octanol–water partition coefficient (Wildman–Crippen LogP) is 2.89. The highest BCUT2D eigenvalue weighted by atomic mass is 32.1. The Morgan fingerprint density at radius 3 is 2.86 bits per heavy atom. The molecule has 2 heterocycles. The van der Waals surface area contributed by atoms with E-state index in [2.05, 4.69) is 4.98 Å². The second-order valence-corrected chi connectivity index (χ2v) is 5.97. The van der Waals surface area contributed by atoms with E-state index in [0.29, 0.717) is 11.0 Å². The summed E-state index contributed by atoms with van der Waals surface area (Å²) in [6.45, 7) is 1.96. The number of hydrogen-bond acceptors (Lipinski definition) is 3. The molecule has 0 aliphatic rings. The molecule has 5 nitrogen and oxygen atoms in total. The molecule has 0 bridgehead atoms. The van der Waals surface area contributed by atoms with Crippen LogP contribution < -0.4 is 5.69 Å². The molecule has 0 saturated carbocycles. The van der Waals surface area contributed by atoms with Crippen LogP contribution in [0.2, 0.25) is 0 Å². The summed E-state index contributed by atoms with van der Waals surface area (Å²) in [6.07, 6.45) is 0.738. The fraction of sp³-hybridized carbons (Fsp3) is 0.200. The smallest absolute Gasteiger partial charge is 0.337 e. The molecule has 1 unspecified atom stereocenters. The number of benzene rings is 1. The summed E-state index contributed by atoms with van der Waals surface area (Å²) < 4.78 is 1.63. The number of aromatic nitrogens is 2. The summed E-state index contributed by atoms with van der Waals surface area (Å²) in [5, 5.41) is 11.2. The quantitative estimate of drug-likeness (QED) is 0.778. The number of aromatic amines is 1. The summed E-state index contributed by atoms with van der Waals surface area (Å²) in [5.74, 6) is -1.04. The van der Waals surface area contributed by atoms with Crippen molar-refractivity contribution in [3.8, 4) is 0 Å². The zero-order chi connectivity index (χ0) is 15.0. The molecule has 21 heavy (non-hydrogen) atoms. The number of carboxylic acids is 1. The van der Waals surface area contributed by atoms with Gasteiger partial charge in [-0.05, 0) is 30.5 Å². The van der Waals surface area contributed by atoms with E-state index in [-0.39, 0.29) is 17.3 Å². The van der Waals surface area contributed by atoms with Gasteiger partial charge in [-0.3, -0.25) is 4.57 Å². The Bertz CT molecular complexity index is 846. The maximum atomic E-state index is 12.2. The third kappa shape index (κ3) is 2.38. The van der Waals surface area contributed by atoms with E-state index >= 15 is 0 Å². The fourth-order valence-electron chi connectivity index (χ4n) is 2.58. The van der Waals surface area contributed by atoms with Gasteiger partial charge in [-0.1, -0.05) is 12.1 Å². The molecule has 0 amide bonds. The van der Waals surface area contributed by atoms with Crippen molar-refractivity contribution in [2.24, 2.45) is 0 Å². The second-order valence-electron chi connectivity index (χ2n) is 4.94. The number of carboxylic acid groups (broad SMARTS) is 1. The number of para-hydroxylation sites is 1. The average molecular weight is 302 g/mol. The van der Waals surface area contributed by atoms with Crippen LogP contribution in [0.4, 0.5) is 0 Å². The molecule has 1 atom stereocenters. The van der Waals surface area contributed by atoms with Gasteiger partial charge in [-0.25, -0.2) is 9.59 Å². The Morgan fingerprint density at radius 2 is 2.19 bits per heavy atom. The summed E-state index contributed by atoms with van der Waals surface area (Å²) in [5.41, 5.74) is 0.853. The van der Waals surface area contributed by atoms with Gasteiger partial charge < -0.3 is 10.1 Å². The third-order valence-electron chi connectivity index (χ3n) is 3.50. The molecule has 0 fully saturated rings. The van der Waals surface area contributed by atoms with Gasteiger partial charge in [-0.15, -0.1) is 11.3 Å². The van der Waals surface area contributed by atoms with Crippen molar-refractivity contribution < 1.29 is 9.90 Å². The SMILES string of the molecule is CC(Cc1cccs1)n1c(=O)[nH]c2c(C(=O)O)cccc21. The lowest BCUT2D eigenvalue weighted by Gasteiger charge is -2.12. The van der Waals surface area contributed by atoms with Gasteiger partial charge in [0.25, 0.3) is 0 Å². The lowest BCUT2D eigenvalue weighted by molar-refractivity contribution is 0.0699. The Morgan fingerprint density at radius 1 is 1.38 bits per heavy atom. The first-order valence-electron chi connectivity index (χ1n) is 6.57. The molecule has 0 radical (unpaired) electrons.